The second-order valence-corrected chi connectivity index (χ2v) is 7.02. The zero-order valence-corrected chi connectivity index (χ0v) is 16.8. The Bertz CT molecular complexity index is 1130. The molecule has 0 radical (unpaired) electrons. The Morgan fingerprint density at radius 1 is 1.00 bits per heavy atom. The lowest BCUT2D eigenvalue weighted by Crippen LogP contribution is -2.43. The number of nitrogens with one attached hydrogen (secondary N) is 2. The number of hydrogen-bond donors (Lipinski definition) is 2. The number of aryl methyl sites for hydroxylation is 3. The molecule has 29 heavy (non-hydrogen) atoms. The van der Waals surface area contributed by atoms with Gasteiger partial charge in [-0.2, -0.15) is 5.10 Å². The molecule has 7 nitrogen and oxygen atoms in total. The van der Waals surface area contributed by atoms with Crippen LogP contribution in [0.5, 0.6) is 0 Å². The molecule has 0 saturated carbocycles. The quantitative estimate of drug-likeness (QED) is 0.652. The third-order valence-corrected chi connectivity index (χ3v) is 4.77. The highest BCUT2D eigenvalue weighted by molar-refractivity contribution is 6.05. The molecule has 0 aliphatic rings. The van der Waals surface area contributed by atoms with Crippen molar-refractivity contribution in [3.8, 4) is 0 Å². The first kappa shape index (κ1) is 20.3. The van der Waals surface area contributed by atoms with Crippen LogP contribution in [0, 0.1) is 13.8 Å². The fourth-order valence-electron chi connectivity index (χ4n) is 3.09. The number of carbonyl (C=O) groups excluding carboxylic acids is 2. The van der Waals surface area contributed by atoms with Gasteiger partial charge in [-0.15, -0.1) is 0 Å². The van der Waals surface area contributed by atoms with Gasteiger partial charge in [0.15, 0.2) is 5.69 Å². The van der Waals surface area contributed by atoms with E-state index in [1.54, 1.807) is 24.3 Å². The molecule has 150 valence electrons. The SMILES string of the molecule is CCCn1nc(C(=O)NNC(=O)Cc2ccc(C)c(C)c2)c2ccccc2c1=O. The minimum Gasteiger partial charge on any atom is -0.273 e. The Morgan fingerprint density at radius 3 is 2.41 bits per heavy atom. The largest absolute Gasteiger partial charge is 0.290 e. The molecular formula is C22H24N4O3. The van der Waals surface area contributed by atoms with Crippen LogP contribution in [0.2, 0.25) is 0 Å². The fraction of sp³-hybridized carbons (Fsp3) is 0.273. The maximum Gasteiger partial charge on any atom is 0.290 e. The normalized spacial score (nSPS) is 10.7. The van der Waals surface area contributed by atoms with E-state index in [1.807, 2.05) is 39.0 Å². The minimum atomic E-state index is -0.570. The van der Waals surface area contributed by atoms with Gasteiger partial charge in [-0.3, -0.25) is 25.2 Å². The van der Waals surface area contributed by atoms with Crippen LogP contribution < -0.4 is 16.4 Å². The van der Waals surface area contributed by atoms with E-state index in [9.17, 15) is 14.4 Å². The van der Waals surface area contributed by atoms with Gasteiger partial charge >= 0.3 is 0 Å². The molecule has 0 fully saturated rings. The molecule has 0 saturated heterocycles. The highest BCUT2D eigenvalue weighted by Crippen LogP contribution is 2.13. The molecule has 1 aromatic heterocycles. The van der Waals surface area contributed by atoms with Crippen LogP contribution in [0.3, 0.4) is 0 Å². The van der Waals surface area contributed by atoms with E-state index in [0.29, 0.717) is 23.7 Å². The standard InChI is InChI=1S/C22H24N4O3/c1-4-11-26-22(29)18-8-6-5-7-17(18)20(25-26)21(28)24-23-19(27)13-16-10-9-14(2)15(3)12-16/h5-10,12H,4,11,13H2,1-3H3,(H,23,27)(H,24,28). The maximum absolute atomic E-state index is 12.7. The predicted octanol–water partition coefficient (Wildman–Crippen LogP) is 2.43. The van der Waals surface area contributed by atoms with Crippen molar-refractivity contribution in [2.75, 3.05) is 0 Å². The van der Waals surface area contributed by atoms with Gasteiger partial charge in [0.05, 0.1) is 11.8 Å². The van der Waals surface area contributed by atoms with Crippen LogP contribution in [0.25, 0.3) is 10.8 Å². The average molecular weight is 392 g/mol. The minimum absolute atomic E-state index is 0.0973. The van der Waals surface area contributed by atoms with Crippen molar-refractivity contribution in [3.63, 3.8) is 0 Å². The Balaban J connectivity index is 1.77. The number of rotatable bonds is 5. The summed E-state index contributed by atoms with van der Waals surface area (Å²) in [7, 11) is 0. The summed E-state index contributed by atoms with van der Waals surface area (Å²) < 4.78 is 1.29. The molecular weight excluding hydrogens is 368 g/mol. The van der Waals surface area contributed by atoms with Crippen LogP contribution in [-0.4, -0.2) is 21.6 Å². The summed E-state index contributed by atoms with van der Waals surface area (Å²) in [4.78, 5) is 37.4. The van der Waals surface area contributed by atoms with Gasteiger partial charge < -0.3 is 0 Å². The van der Waals surface area contributed by atoms with Crippen molar-refractivity contribution in [2.45, 2.75) is 40.2 Å². The summed E-state index contributed by atoms with van der Waals surface area (Å²) in [5.74, 6) is -0.910. The topological polar surface area (TPSA) is 93.1 Å². The van der Waals surface area contributed by atoms with Crippen LogP contribution in [-0.2, 0) is 17.8 Å². The first-order chi connectivity index (χ1) is 13.9. The molecule has 1 heterocycles. The Kier molecular flexibility index (Phi) is 6.07. The Labute approximate surface area is 168 Å². The van der Waals surface area contributed by atoms with Gasteiger partial charge in [-0.05, 0) is 43.0 Å². The summed E-state index contributed by atoms with van der Waals surface area (Å²) in [6, 6.07) is 12.6. The van der Waals surface area contributed by atoms with Crippen LogP contribution in [0.15, 0.2) is 47.3 Å². The molecule has 0 bridgehead atoms. The van der Waals surface area contributed by atoms with Gasteiger partial charge in [0.1, 0.15) is 0 Å². The third-order valence-electron chi connectivity index (χ3n) is 4.77. The van der Waals surface area contributed by atoms with E-state index in [0.717, 1.165) is 16.7 Å². The van der Waals surface area contributed by atoms with Crippen molar-refractivity contribution in [3.05, 3.63) is 75.2 Å². The summed E-state index contributed by atoms with van der Waals surface area (Å²) in [5.41, 5.74) is 7.82. The third kappa shape index (κ3) is 4.51. The zero-order valence-electron chi connectivity index (χ0n) is 16.8. The lowest BCUT2D eigenvalue weighted by Gasteiger charge is -2.11. The van der Waals surface area contributed by atoms with Crippen molar-refractivity contribution in [2.24, 2.45) is 0 Å². The van der Waals surface area contributed by atoms with Crippen molar-refractivity contribution < 1.29 is 9.59 Å². The van der Waals surface area contributed by atoms with Gasteiger partial charge in [0.2, 0.25) is 5.91 Å². The molecule has 0 atom stereocenters. The number of carbonyl (C=O) groups is 2. The van der Waals surface area contributed by atoms with Crippen LogP contribution in [0.4, 0.5) is 0 Å². The summed E-state index contributed by atoms with van der Waals surface area (Å²) in [6.07, 6.45) is 0.851. The van der Waals surface area contributed by atoms with Crippen molar-refractivity contribution in [1.29, 1.82) is 0 Å². The molecule has 0 unspecified atom stereocenters. The zero-order chi connectivity index (χ0) is 21.0. The lowest BCUT2D eigenvalue weighted by atomic mass is 10.0. The number of fused-ring (bicyclic) bond motifs is 1. The molecule has 2 amide bonds. The molecule has 2 N–H and O–H groups in total. The Hall–Kier alpha value is -3.48. The second kappa shape index (κ2) is 8.68. The smallest absolute Gasteiger partial charge is 0.273 e. The number of aromatic nitrogens is 2. The number of nitrogens with zero attached hydrogens (tertiary/aromatic N) is 2. The van der Waals surface area contributed by atoms with Crippen molar-refractivity contribution in [1.82, 2.24) is 20.6 Å². The summed E-state index contributed by atoms with van der Waals surface area (Å²) in [6.45, 7) is 6.33. The van der Waals surface area contributed by atoms with Gasteiger partial charge in [0.25, 0.3) is 11.5 Å². The number of hydrogen-bond acceptors (Lipinski definition) is 4. The molecule has 2 aromatic carbocycles. The molecule has 3 aromatic rings. The number of amides is 2. The van der Waals surface area contributed by atoms with E-state index in [-0.39, 0.29) is 23.6 Å². The highest BCUT2D eigenvalue weighted by Gasteiger charge is 2.17. The predicted molar refractivity (Wildman–Crippen MR) is 112 cm³/mol. The number of hydrazine groups is 1. The van der Waals surface area contributed by atoms with E-state index >= 15 is 0 Å². The maximum atomic E-state index is 12.7. The Morgan fingerprint density at radius 2 is 1.72 bits per heavy atom. The monoisotopic (exact) mass is 392 g/mol. The molecule has 0 spiro atoms. The molecule has 7 heteroatoms. The second-order valence-electron chi connectivity index (χ2n) is 7.02. The molecule has 3 rings (SSSR count). The highest BCUT2D eigenvalue weighted by atomic mass is 16.2. The van der Waals surface area contributed by atoms with E-state index in [4.69, 9.17) is 0 Å². The molecule has 0 aliphatic carbocycles. The number of benzene rings is 2. The van der Waals surface area contributed by atoms with Gasteiger partial charge in [-0.1, -0.05) is 43.3 Å². The summed E-state index contributed by atoms with van der Waals surface area (Å²) >= 11 is 0. The van der Waals surface area contributed by atoms with Crippen LogP contribution >= 0.6 is 0 Å². The van der Waals surface area contributed by atoms with Gasteiger partial charge in [0, 0.05) is 11.9 Å². The van der Waals surface area contributed by atoms with Gasteiger partial charge in [-0.25, -0.2) is 4.68 Å². The average Bonchev–Trinajstić information content (AvgIpc) is 2.71. The fourth-order valence-corrected chi connectivity index (χ4v) is 3.09. The van der Waals surface area contributed by atoms with E-state index < -0.39 is 5.91 Å². The first-order valence-electron chi connectivity index (χ1n) is 9.56. The van der Waals surface area contributed by atoms with E-state index in [1.165, 1.54) is 4.68 Å². The van der Waals surface area contributed by atoms with Crippen LogP contribution in [0.1, 0.15) is 40.5 Å². The first-order valence-corrected chi connectivity index (χ1v) is 9.56. The van der Waals surface area contributed by atoms with E-state index in [2.05, 4.69) is 16.0 Å². The summed E-state index contributed by atoms with van der Waals surface area (Å²) in [5, 5.41) is 5.08. The van der Waals surface area contributed by atoms with Crippen molar-refractivity contribution >= 4 is 22.6 Å². The lowest BCUT2D eigenvalue weighted by molar-refractivity contribution is -0.121. The molecule has 0 aliphatic heterocycles.